The molecule has 0 unspecified atom stereocenters. The summed E-state index contributed by atoms with van der Waals surface area (Å²) in [6, 6.07) is 0. The number of hydrogen-bond acceptors (Lipinski definition) is 2. The van der Waals surface area contributed by atoms with Crippen molar-refractivity contribution >= 4 is 27.9 Å². The van der Waals surface area contributed by atoms with Crippen molar-refractivity contribution in [3.05, 3.63) is 0 Å². The molecule has 0 fully saturated rings. The van der Waals surface area contributed by atoms with Crippen LogP contribution in [-0.2, 0) is 0 Å². The third-order valence-electron chi connectivity index (χ3n) is 0.723. The van der Waals surface area contributed by atoms with Crippen LogP contribution in [0.1, 0.15) is 13.3 Å². The van der Waals surface area contributed by atoms with Gasteiger partial charge in [0.05, 0.1) is 11.2 Å². The van der Waals surface area contributed by atoms with E-state index in [4.69, 9.17) is 15.8 Å². The van der Waals surface area contributed by atoms with Crippen LogP contribution < -0.4 is 0 Å². The van der Waals surface area contributed by atoms with Gasteiger partial charge in [-0.2, -0.15) is 0 Å². The van der Waals surface area contributed by atoms with Crippen LogP contribution in [0.2, 0.25) is 0 Å². The molecular weight excluding hydrogens is 162 g/mol. The SMILES string of the molecule is CCCN(SCl)C(=O)O. The van der Waals surface area contributed by atoms with Crippen LogP contribution in [0.25, 0.3) is 0 Å². The Kier molecular flexibility index (Phi) is 4.71. The number of hydrogen-bond donors (Lipinski definition) is 1. The van der Waals surface area contributed by atoms with E-state index in [0.717, 1.165) is 10.7 Å². The van der Waals surface area contributed by atoms with Crippen LogP contribution in [0.3, 0.4) is 0 Å². The first-order valence-electron chi connectivity index (χ1n) is 2.51. The fraction of sp³-hybridized carbons (Fsp3) is 0.750. The van der Waals surface area contributed by atoms with Gasteiger partial charge in [0.25, 0.3) is 0 Å². The number of nitrogens with zero attached hydrogens (tertiary/aromatic N) is 1. The Hall–Kier alpha value is -0.0900. The normalized spacial score (nSPS) is 9.11. The molecule has 0 aromatic rings. The van der Waals surface area contributed by atoms with E-state index in [9.17, 15) is 4.79 Å². The van der Waals surface area contributed by atoms with E-state index < -0.39 is 6.09 Å². The van der Waals surface area contributed by atoms with E-state index in [1.165, 1.54) is 0 Å². The van der Waals surface area contributed by atoms with Crippen molar-refractivity contribution in [2.75, 3.05) is 6.54 Å². The topological polar surface area (TPSA) is 40.5 Å². The molecule has 3 nitrogen and oxygen atoms in total. The molecule has 0 aliphatic carbocycles. The van der Waals surface area contributed by atoms with Crippen molar-refractivity contribution < 1.29 is 9.90 Å². The van der Waals surface area contributed by atoms with Gasteiger partial charge in [-0.15, -0.1) is 0 Å². The summed E-state index contributed by atoms with van der Waals surface area (Å²) in [7, 11) is 5.20. The summed E-state index contributed by atoms with van der Waals surface area (Å²) < 4.78 is 1.07. The highest BCUT2D eigenvalue weighted by Gasteiger charge is 2.08. The van der Waals surface area contributed by atoms with Crippen molar-refractivity contribution in [3.8, 4) is 0 Å². The second-order valence-electron chi connectivity index (χ2n) is 1.45. The van der Waals surface area contributed by atoms with Gasteiger partial charge in [-0.3, -0.25) is 0 Å². The van der Waals surface area contributed by atoms with Crippen molar-refractivity contribution in [2.45, 2.75) is 13.3 Å². The monoisotopic (exact) mass is 169 g/mol. The molecule has 0 bridgehead atoms. The summed E-state index contributed by atoms with van der Waals surface area (Å²) in [6.07, 6.45) is -0.205. The summed E-state index contributed by atoms with van der Waals surface area (Å²) in [6.45, 7) is 2.37. The van der Waals surface area contributed by atoms with Crippen LogP contribution in [0.15, 0.2) is 0 Å². The van der Waals surface area contributed by atoms with Gasteiger partial charge in [-0.1, -0.05) is 6.92 Å². The van der Waals surface area contributed by atoms with Gasteiger partial charge in [0.15, 0.2) is 0 Å². The Balaban J connectivity index is 3.54. The maximum atomic E-state index is 10.1. The number of carbonyl (C=O) groups is 1. The van der Waals surface area contributed by atoms with Crippen molar-refractivity contribution in [2.24, 2.45) is 0 Å². The Bertz CT molecular complexity index is 101. The Morgan fingerprint density at radius 3 is 2.56 bits per heavy atom. The molecule has 0 saturated heterocycles. The molecule has 5 heteroatoms. The van der Waals surface area contributed by atoms with Crippen LogP contribution in [0.5, 0.6) is 0 Å². The fourth-order valence-electron chi connectivity index (χ4n) is 0.363. The van der Waals surface area contributed by atoms with Gasteiger partial charge in [0.2, 0.25) is 0 Å². The average molecular weight is 170 g/mol. The third-order valence-corrected chi connectivity index (χ3v) is 1.73. The minimum absolute atomic E-state index is 0.476. The zero-order chi connectivity index (χ0) is 7.28. The third kappa shape index (κ3) is 3.48. The molecule has 54 valence electrons. The lowest BCUT2D eigenvalue weighted by atomic mass is 10.5. The molecule has 0 saturated carbocycles. The van der Waals surface area contributed by atoms with E-state index in [0.29, 0.717) is 17.7 Å². The first kappa shape index (κ1) is 8.91. The maximum absolute atomic E-state index is 10.1. The summed E-state index contributed by atoms with van der Waals surface area (Å²) in [5.41, 5.74) is 0. The van der Waals surface area contributed by atoms with Gasteiger partial charge in [-0.05, 0) is 17.1 Å². The van der Waals surface area contributed by atoms with Gasteiger partial charge >= 0.3 is 6.09 Å². The van der Waals surface area contributed by atoms with Crippen LogP contribution >= 0.6 is 21.8 Å². The molecule has 0 radical (unpaired) electrons. The standard InChI is InChI=1S/C4H8ClNO2S/c1-2-3-6(9-5)4(7)8/h2-3H2,1H3,(H,7,8). The second kappa shape index (κ2) is 4.76. The molecule has 9 heavy (non-hydrogen) atoms. The average Bonchev–Trinajstić information content (AvgIpc) is 1.82. The van der Waals surface area contributed by atoms with Gasteiger partial charge < -0.3 is 5.11 Å². The van der Waals surface area contributed by atoms with E-state index in [-0.39, 0.29) is 0 Å². The summed E-state index contributed by atoms with van der Waals surface area (Å²) in [5.74, 6) is 0. The molecule has 0 spiro atoms. The van der Waals surface area contributed by atoms with Gasteiger partial charge in [-0.25, -0.2) is 9.10 Å². The Labute approximate surface area is 62.6 Å². The molecule has 0 aliphatic heterocycles. The van der Waals surface area contributed by atoms with Crippen LogP contribution in [0, 0.1) is 0 Å². The van der Waals surface area contributed by atoms with E-state index in [1.807, 2.05) is 6.92 Å². The molecule has 0 aliphatic rings. The van der Waals surface area contributed by atoms with Gasteiger partial charge in [0, 0.05) is 6.54 Å². The van der Waals surface area contributed by atoms with E-state index in [1.54, 1.807) is 0 Å². The largest absolute Gasteiger partial charge is 0.464 e. The van der Waals surface area contributed by atoms with Crippen LogP contribution in [-0.4, -0.2) is 22.0 Å². The van der Waals surface area contributed by atoms with E-state index >= 15 is 0 Å². The minimum Gasteiger partial charge on any atom is -0.464 e. The molecule has 0 heterocycles. The molecule has 1 amide bonds. The second-order valence-corrected chi connectivity index (χ2v) is 2.45. The van der Waals surface area contributed by atoms with Crippen molar-refractivity contribution in [1.29, 1.82) is 0 Å². The first-order valence-corrected chi connectivity index (χ1v) is 4.11. The van der Waals surface area contributed by atoms with Crippen molar-refractivity contribution in [1.82, 2.24) is 4.31 Å². The lowest BCUT2D eigenvalue weighted by molar-refractivity contribution is 0.176. The number of halogens is 1. The first-order chi connectivity index (χ1) is 4.22. The smallest absolute Gasteiger partial charge is 0.418 e. The highest BCUT2D eigenvalue weighted by atomic mass is 35.7. The number of amides is 1. The molecular formula is C4H8ClNO2S. The summed E-state index contributed by atoms with van der Waals surface area (Å²) >= 11 is 0.709. The molecule has 0 aromatic carbocycles. The minimum atomic E-state index is -0.989. The quantitative estimate of drug-likeness (QED) is 0.659. The lowest BCUT2D eigenvalue weighted by Gasteiger charge is -2.10. The van der Waals surface area contributed by atoms with Gasteiger partial charge in [0.1, 0.15) is 0 Å². The zero-order valence-electron chi connectivity index (χ0n) is 5.00. The fourth-order valence-corrected chi connectivity index (χ4v) is 1.06. The predicted octanol–water partition coefficient (Wildman–Crippen LogP) is 2.18. The highest BCUT2D eigenvalue weighted by molar-refractivity contribution is 8.19. The molecule has 0 rings (SSSR count). The summed E-state index contributed by atoms with van der Waals surface area (Å²) in [4.78, 5) is 10.1. The Morgan fingerprint density at radius 2 is 2.44 bits per heavy atom. The Morgan fingerprint density at radius 1 is 1.89 bits per heavy atom. The van der Waals surface area contributed by atoms with Crippen LogP contribution in [0.4, 0.5) is 4.79 Å². The number of rotatable bonds is 3. The molecule has 1 N–H and O–H groups in total. The van der Waals surface area contributed by atoms with E-state index in [2.05, 4.69) is 0 Å². The molecule has 0 aromatic heterocycles. The number of carboxylic acid groups (broad SMARTS) is 1. The highest BCUT2D eigenvalue weighted by Crippen LogP contribution is 2.14. The van der Waals surface area contributed by atoms with Crippen molar-refractivity contribution in [3.63, 3.8) is 0 Å². The lowest BCUT2D eigenvalue weighted by Crippen LogP contribution is -2.21. The zero-order valence-corrected chi connectivity index (χ0v) is 6.58. The summed E-state index contributed by atoms with van der Waals surface area (Å²) in [5, 5.41) is 8.32. The molecule has 0 atom stereocenters. The predicted molar refractivity (Wildman–Crippen MR) is 38.5 cm³/mol. The maximum Gasteiger partial charge on any atom is 0.418 e.